The molecular weight excluding hydrogens is 436 g/mol. The van der Waals surface area contributed by atoms with Crippen molar-refractivity contribution >= 4 is 44.7 Å². The van der Waals surface area contributed by atoms with Gasteiger partial charge < -0.3 is 15.1 Å². The topological polar surface area (TPSA) is 82.1 Å². The molecule has 31 heavy (non-hydrogen) atoms. The second-order valence-corrected chi connectivity index (χ2v) is 9.97. The Hall–Kier alpha value is -2.58. The first kappa shape index (κ1) is 21.6. The zero-order valence-electron chi connectivity index (χ0n) is 17.6. The Bertz CT molecular complexity index is 1140. The molecule has 2 aliphatic rings. The van der Waals surface area contributed by atoms with E-state index in [1.807, 2.05) is 48.2 Å². The Morgan fingerprint density at radius 1 is 1.16 bits per heavy atom. The van der Waals surface area contributed by atoms with Crippen LogP contribution >= 0.6 is 11.6 Å². The lowest BCUT2D eigenvalue weighted by atomic mass is 10.1. The monoisotopic (exact) mass is 460 g/mol. The second-order valence-electron chi connectivity index (χ2n) is 7.99. The molecule has 0 radical (unpaired) electrons. The van der Waals surface area contributed by atoms with E-state index in [-0.39, 0.29) is 15.5 Å². The molecule has 9 heteroatoms. The van der Waals surface area contributed by atoms with Crippen LogP contribution in [0, 0.1) is 0 Å². The molecule has 7 nitrogen and oxygen atoms in total. The highest BCUT2D eigenvalue weighted by atomic mass is 35.5. The van der Waals surface area contributed by atoms with Gasteiger partial charge in [0.15, 0.2) is 0 Å². The van der Waals surface area contributed by atoms with Crippen molar-refractivity contribution in [1.82, 2.24) is 5.32 Å². The van der Waals surface area contributed by atoms with Gasteiger partial charge in [0.25, 0.3) is 15.9 Å². The number of hydrogen-bond donors (Lipinski definition) is 1. The molecular formula is C22H25ClN4O3S. The van der Waals surface area contributed by atoms with E-state index in [1.165, 1.54) is 6.07 Å². The molecule has 0 unspecified atom stereocenters. The minimum absolute atomic E-state index is 0.0306. The third-order valence-electron chi connectivity index (χ3n) is 5.59. The molecule has 2 aliphatic heterocycles. The molecule has 2 aromatic rings. The number of carbonyl (C=O) groups excluding carboxylic acids is 1. The number of nitrogens with one attached hydrogen (secondary N) is 1. The van der Waals surface area contributed by atoms with E-state index in [1.54, 1.807) is 6.07 Å². The maximum Gasteiger partial charge on any atom is 0.286 e. The van der Waals surface area contributed by atoms with Crippen LogP contribution in [0.3, 0.4) is 0 Å². The highest BCUT2D eigenvalue weighted by Crippen LogP contribution is 2.37. The summed E-state index contributed by atoms with van der Waals surface area (Å²) in [4.78, 5) is 16.7. The van der Waals surface area contributed by atoms with Gasteiger partial charge in [0, 0.05) is 39.3 Å². The number of amides is 1. The number of anilines is 2. The number of sulfonamides is 1. The van der Waals surface area contributed by atoms with E-state index in [0.29, 0.717) is 31.0 Å². The van der Waals surface area contributed by atoms with Gasteiger partial charge in [0.05, 0.1) is 16.3 Å². The van der Waals surface area contributed by atoms with Crippen molar-refractivity contribution in [2.24, 2.45) is 4.40 Å². The van der Waals surface area contributed by atoms with Crippen molar-refractivity contribution in [3.63, 3.8) is 0 Å². The van der Waals surface area contributed by atoms with Crippen molar-refractivity contribution in [3.05, 3.63) is 52.5 Å². The summed E-state index contributed by atoms with van der Waals surface area (Å²) >= 11 is 6.43. The number of hydrogen-bond acceptors (Lipinski definition) is 5. The van der Waals surface area contributed by atoms with E-state index < -0.39 is 15.9 Å². The van der Waals surface area contributed by atoms with Gasteiger partial charge in [-0.25, -0.2) is 0 Å². The third kappa shape index (κ3) is 4.41. The predicted octanol–water partition coefficient (Wildman–Crippen LogP) is 3.82. The van der Waals surface area contributed by atoms with Crippen LogP contribution in [0.2, 0.25) is 5.02 Å². The molecule has 0 aromatic heterocycles. The van der Waals surface area contributed by atoms with Crippen molar-refractivity contribution in [2.75, 3.05) is 30.4 Å². The molecule has 0 bridgehead atoms. The van der Waals surface area contributed by atoms with Gasteiger partial charge in [-0.1, -0.05) is 30.2 Å². The average Bonchev–Trinajstić information content (AvgIpc) is 2.96. The number of nitrogens with zero attached hydrogens (tertiary/aromatic N) is 3. The van der Waals surface area contributed by atoms with Gasteiger partial charge in [-0.3, -0.25) is 4.79 Å². The first-order valence-electron chi connectivity index (χ1n) is 10.3. The van der Waals surface area contributed by atoms with Crippen LogP contribution in [0.4, 0.5) is 11.4 Å². The normalized spacial score (nSPS) is 17.1. The number of benzene rings is 2. The van der Waals surface area contributed by atoms with E-state index in [2.05, 4.69) is 9.71 Å². The van der Waals surface area contributed by atoms with Gasteiger partial charge in [0.1, 0.15) is 10.7 Å². The van der Waals surface area contributed by atoms with E-state index in [0.717, 1.165) is 30.5 Å². The molecule has 0 spiro atoms. The van der Waals surface area contributed by atoms with Crippen LogP contribution in [-0.4, -0.2) is 40.8 Å². The molecule has 0 aliphatic carbocycles. The van der Waals surface area contributed by atoms with Gasteiger partial charge in [0.2, 0.25) is 0 Å². The van der Waals surface area contributed by atoms with Crippen LogP contribution in [-0.2, 0) is 16.6 Å². The lowest BCUT2D eigenvalue weighted by Gasteiger charge is -2.30. The minimum atomic E-state index is -3.88. The second kappa shape index (κ2) is 8.51. The van der Waals surface area contributed by atoms with Crippen LogP contribution < -0.4 is 15.1 Å². The summed E-state index contributed by atoms with van der Waals surface area (Å²) in [5.74, 6) is 0.129. The Kier molecular flexibility index (Phi) is 5.94. The lowest BCUT2D eigenvalue weighted by Crippen LogP contribution is -2.35. The number of halogens is 1. The molecule has 2 heterocycles. The standard InChI is InChI=1S/C22H25ClN4O3S/c1-26(2)16-9-7-15(8-10-16)14-24-22(28)17-12-20-19(13-18(17)23)27-11-5-3-4-6-21(27)25-31(20,29)30/h7-10,12-13H,3-6,11,14H2,1-2H3,(H,24,28). The van der Waals surface area contributed by atoms with Crippen LogP contribution in [0.5, 0.6) is 0 Å². The Balaban J connectivity index is 1.59. The number of rotatable bonds is 4. The Morgan fingerprint density at radius 3 is 2.61 bits per heavy atom. The van der Waals surface area contributed by atoms with Crippen molar-refractivity contribution < 1.29 is 13.2 Å². The molecule has 0 atom stereocenters. The molecule has 1 fully saturated rings. The molecule has 2 aromatic carbocycles. The molecule has 1 N–H and O–H groups in total. The summed E-state index contributed by atoms with van der Waals surface area (Å²) in [5.41, 5.74) is 2.63. The average molecular weight is 461 g/mol. The maximum absolute atomic E-state index is 12.8. The van der Waals surface area contributed by atoms with Crippen LogP contribution in [0.25, 0.3) is 0 Å². The molecule has 4 rings (SSSR count). The van der Waals surface area contributed by atoms with Gasteiger partial charge >= 0.3 is 0 Å². The van der Waals surface area contributed by atoms with Crippen molar-refractivity contribution in [3.8, 4) is 0 Å². The summed E-state index contributed by atoms with van der Waals surface area (Å²) < 4.78 is 29.6. The zero-order chi connectivity index (χ0) is 22.2. The summed E-state index contributed by atoms with van der Waals surface area (Å²) in [6, 6.07) is 10.7. The van der Waals surface area contributed by atoms with E-state index in [4.69, 9.17) is 11.6 Å². The quantitative estimate of drug-likeness (QED) is 0.750. The fourth-order valence-corrected chi connectivity index (χ4v) is 5.37. The third-order valence-corrected chi connectivity index (χ3v) is 7.23. The van der Waals surface area contributed by atoms with E-state index >= 15 is 0 Å². The first-order valence-corrected chi connectivity index (χ1v) is 12.1. The van der Waals surface area contributed by atoms with Gasteiger partial charge in [-0.15, -0.1) is 4.40 Å². The fraction of sp³-hybridized carbons (Fsp3) is 0.364. The summed E-state index contributed by atoms with van der Waals surface area (Å²) in [5, 5.41) is 3.05. The molecule has 1 saturated heterocycles. The lowest BCUT2D eigenvalue weighted by molar-refractivity contribution is 0.0951. The van der Waals surface area contributed by atoms with Crippen LogP contribution in [0.15, 0.2) is 45.7 Å². The molecule has 164 valence electrons. The number of fused-ring (bicyclic) bond motifs is 3. The number of amidine groups is 1. The molecule has 0 saturated carbocycles. The van der Waals surface area contributed by atoms with Crippen molar-refractivity contribution in [2.45, 2.75) is 37.1 Å². The summed E-state index contributed by atoms with van der Waals surface area (Å²) in [7, 11) is 0.0413. The van der Waals surface area contributed by atoms with Crippen LogP contribution in [0.1, 0.15) is 41.6 Å². The SMILES string of the molecule is CN(C)c1ccc(CNC(=O)c2cc3c(cc2Cl)N2CCCCCC2=NS3(=O)=O)cc1. The smallest absolute Gasteiger partial charge is 0.286 e. The fourth-order valence-electron chi connectivity index (χ4n) is 3.86. The largest absolute Gasteiger partial charge is 0.378 e. The Labute approximate surface area is 187 Å². The minimum Gasteiger partial charge on any atom is -0.378 e. The maximum atomic E-state index is 12.8. The molecule has 1 amide bonds. The highest BCUT2D eigenvalue weighted by Gasteiger charge is 2.33. The summed E-state index contributed by atoms with van der Waals surface area (Å²) in [6.45, 7) is 0.993. The van der Waals surface area contributed by atoms with Crippen molar-refractivity contribution in [1.29, 1.82) is 0 Å². The van der Waals surface area contributed by atoms with E-state index in [9.17, 15) is 13.2 Å². The predicted molar refractivity (Wildman–Crippen MR) is 124 cm³/mol. The Morgan fingerprint density at radius 2 is 1.90 bits per heavy atom. The zero-order valence-corrected chi connectivity index (χ0v) is 19.1. The number of carbonyl (C=O) groups is 1. The van der Waals surface area contributed by atoms with Gasteiger partial charge in [-0.05, 0) is 42.7 Å². The van der Waals surface area contributed by atoms with Gasteiger partial charge in [-0.2, -0.15) is 8.42 Å². The summed E-state index contributed by atoms with van der Waals surface area (Å²) in [6.07, 6.45) is 3.49. The highest BCUT2D eigenvalue weighted by molar-refractivity contribution is 7.90. The first-order chi connectivity index (χ1) is 14.8.